The highest BCUT2D eigenvalue weighted by molar-refractivity contribution is 5.93. The van der Waals surface area contributed by atoms with Gasteiger partial charge in [-0.3, -0.25) is 14.9 Å². The molecule has 0 radical (unpaired) electrons. The molecule has 1 aromatic heterocycles. The van der Waals surface area contributed by atoms with Gasteiger partial charge < -0.3 is 15.0 Å². The number of aliphatic hydroxyl groups excluding tert-OH is 1. The Kier molecular flexibility index (Phi) is 3.84. The van der Waals surface area contributed by atoms with Gasteiger partial charge in [0.15, 0.2) is 0 Å². The number of amides is 1. The van der Waals surface area contributed by atoms with Crippen molar-refractivity contribution >= 4 is 11.6 Å². The van der Waals surface area contributed by atoms with Crippen molar-refractivity contribution in [3.05, 3.63) is 28.1 Å². The maximum absolute atomic E-state index is 12.1. The van der Waals surface area contributed by atoms with Crippen LogP contribution >= 0.6 is 0 Å². The molecule has 2 rings (SSSR count). The monoisotopic (exact) mass is 267 g/mol. The van der Waals surface area contributed by atoms with Crippen LogP contribution in [0.25, 0.3) is 0 Å². The van der Waals surface area contributed by atoms with Gasteiger partial charge >= 0.3 is 0 Å². The summed E-state index contributed by atoms with van der Waals surface area (Å²) in [4.78, 5) is 22.4. The number of hydrogen-bond acceptors (Lipinski definition) is 4. The van der Waals surface area contributed by atoms with Crippen LogP contribution in [0.1, 0.15) is 42.7 Å². The minimum Gasteiger partial charge on any atom is -0.394 e. The SMILES string of the molecule is CC[C@@H](CO)NC(=O)c1cc([N+](=O)[O-])cn1C1CC1. The average molecular weight is 267 g/mol. The molecule has 1 aliphatic carbocycles. The summed E-state index contributed by atoms with van der Waals surface area (Å²) in [7, 11) is 0. The van der Waals surface area contributed by atoms with Crippen LogP contribution < -0.4 is 5.32 Å². The molecule has 104 valence electrons. The van der Waals surface area contributed by atoms with Gasteiger partial charge in [0.2, 0.25) is 0 Å². The van der Waals surface area contributed by atoms with Crippen molar-refractivity contribution in [1.82, 2.24) is 9.88 Å². The fourth-order valence-electron chi connectivity index (χ4n) is 1.94. The molecule has 0 aliphatic heterocycles. The first-order valence-corrected chi connectivity index (χ1v) is 6.34. The predicted molar refractivity (Wildman–Crippen MR) is 68.0 cm³/mol. The second-order valence-corrected chi connectivity index (χ2v) is 4.74. The second kappa shape index (κ2) is 5.40. The van der Waals surface area contributed by atoms with E-state index in [0.29, 0.717) is 12.1 Å². The highest BCUT2D eigenvalue weighted by Crippen LogP contribution is 2.37. The lowest BCUT2D eigenvalue weighted by molar-refractivity contribution is -0.384. The first-order valence-electron chi connectivity index (χ1n) is 6.34. The lowest BCUT2D eigenvalue weighted by Crippen LogP contribution is -2.37. The lowest BCUT2D eigenvalue weighted by Gasteiger charge is -2.14. The topological polar surface area (TPSA) is 97.4 Å². The van der Waals surface area contributed by atoms with E-state index in [1.807, 2.05) is 6.92 Å². The molecular weight excluding hydrogens is 250 g/mol. The summed E-state index contributed by atoms with van der Waals surface area (Å²) in [6, 6.07) is 1.15. The number of hydrogen-bond donors (Lipinski definition) is 2. The van der Waals surface area contributed by atoms with E-state index in [0.717, 1.165) is 12.8 Å². The van der Waals surface area contributed by atoms with Gasteiger partial charge in [-0.1, -0.05) is 6.92 Å². The van der Waals surface area contributed by atoms with Crippen molar-refractivity contribution in [3.63, 3.8) is 0 Å². The van der Waals surface area contributed by atoms with Gasteiger partial charge in [0.25, 0.3) is 11.6 Å². The number of aliphatic hydroxyl groups is 1. The van der Waals surface area contributed by atoms with E-state index in [-0.39, 0.29) is 30.3 Å². The van der Waals surface area contributed by atoms with Crippen molar-refractivity contribution in [2.24, 2.45) is 0 Å². The minimum absolute atomic E-state index is 0.0749. The molecule has 0 bridgehead atoms. The van der Waals surface area contributed by atoms with Crippen LogP contribution in [0.2, 0.25) is 0 Å². The quantitative estimate of drug-likeness (QED) is 0.598. The molecular formula is C12H17N3O4. The van der Waals surface area contributed by atoms with Crippen LogP contribution in [0.3, 0.4) is 0 Å². The summed E-state index contributed by atoms with van der Waals surface area (Å²) in [6.45, 7) is 1.71. The molecule has 0 unspecified atom stereocenters. The third-order valence-corrected chi connectivity index (χ3v) is 3.27. The second-order valence-electron chi connectivity index (χ2n) is 4.74. The molecule has 0 aromatic carbocycles. The molecule has 1 aliphatic rings. The van der Waals surface area contributed by atoms with E-state index in [9.17, 15) is 14.9 Å². The summed E-state index contributed by atoms with van der Waals surface area (Å²) in [5, 5.41) is 22.5. The van der Waals surface area contributed by atoms with Gasteiger partial charge in [-0.2, -0.15) is 0 Å². The Morgan fingerprint density at radius 3 is 2.84 bits per heavy atom. The molecule has 7 heteroatoms. The standard InChI is InChI=1S/C12H17N3O4/c1-2-8(7-16)13-12(17)11-5-10(15(18)19)6-14(11)9-3-4-9/h5-6,8-9,16H,2-4,7H2,1H3,(H,13,17)/t8-/m0/s1. The van der Waals surface area contributed by atoms with Crippen molar-refractivity contribution < 1.29 is 14.8 Å². The fourth-order valence-corrected chi connectivity index (χ4v) is 1.94. The molecule has 1 aromatic rings. The molecule has 1 heterocycles. The number of nitro groups is 1. The zero-order valence-corrected chi connectivity index (χ0v) is 10.7. The summed E-state index contributed by atoms with van der Waals surface area (Å²) in [5.41, 5.74) is 0.218. The van der Waals surface area contributed by atoms with Crippen molar-refractivity contribution in [1.29, 1.82) is 0 Å². The minimum atomic E-state index is -0.501. The molecule has 0 saturated heterocycles. The van der Waals surface area contributed by atoms with Gasteiger partial charge in [-0.15, -0.1) is 0 Å². The zero-order chi connectivity index (χ0) is 14.0. The molecule has 1 atom stereocenters. The number of nitrogens with one attached hydrogen (secondary N) is 1. The van der Waals surface area contributed by atoms with E-state index < -0.39 is 4.92 Å². The van der Waals surface area contributed by atoms with E-state index in [1.54, 1.807) is 4.57 Å². The van der Waals surface area contributed by atoms with Crippen LogP contribution in [-0.4, -0.2) is 33.2 Å². The highest BCUT2D eigenvalue weighted by atomic mass is 16.6. The molecule has 2 N–H and O–H groups in total. The summed E-state index contributed by atoms with van der Waals surface area (Å²) < 4.78 is 1.66. The van der Waals surface area contributed by atoms with E-state index in [4.69, 9.17) is 5.11 Å². The van der Waals surface area contributed by atoms with E-state index in [1.165, 1.54) is 12.3 Å². The van der Waals surface area contributed by atoms with Gasteiger partial charge in [0, 0.05) is 12.1 Å². The van der Waals surface area contributed by atoms with E-state index in [2.05, 4.69) is 5.32 Å². The van der Waals surface area contributed by atoms with Crippen LogP contribution in [-0.2, 0) is 0 Å². The predicted octanol–water partition coefficient (Wildman–Crippen LogP) is 1.23. The Bertz CT molecular complexity index is 489. The van der Waals surface area contributed by atoms with Crippen LogP contribution in [0, 0.1) is 10.1 Å². The summed E-state index contributed by atoms with van der Waals surface area (Å²) in [5.74, 6) is -0.374. The van der Waals surface area contributed by atoms with Gasteiger partial charge in [-0.05, 0) is 19.3 Å². The van der Waals surface area contributed by atoms with Crippen LogP contribution in [0.4, 0.5) is 5.69 Å². The first kappa shape index (κ1) is 13.5. The summed E-state index contributed by atoms with van der Waals surface area (Å²) >= 11 is 0. The molecule has 1 fully saturated rings. The van der Waals surface area contributed by atoms with Gasteiger partial charge in [-0.25, -0.2) is 0 Å². The normalized spacial score (nSPS) is 16.1. The van der Waals surface area contributed by atoms with Crippen molar-refractivity contribution in [2.45, 2.75) is 38.3 Å². The average Bonchev–Trinajstić information content (AvgIpc) is 3.13. The third kappa shape index (κ3) is 2.93. The van der Waals surface area contributed by atoms with Gasteiger partial charge in [0.05, 0.1) is 23.8 Å². The maximum atomic E-state index is 12.1. The Morgan fingerprint density at radius 2 is 2.37 bits per heavy atom. The number of aromatic nitrogens is 1. The highest BCUT2D eigenvalue weighted by Gasteiger charge is 2.30. The van der Waals surface area contributed by atoms with Crippen molar-refractivity contribution in [2.75, 3.05) is 6.61 Å². The first-order chi connectivity index (χ1) is 9.06. The number of carbonyl (C=O) groups excluding carboxylic acids is 1. The summed E-state index contributed by atoms with van der Waals surface area (Å²) in [6.07, 6.45) is 3.88. The zero-order valence-electron chi connectivity index (χ0n) is 10.7. The van der Waals surface area contributed by atoms with Crippen LogP contribution in [0.15, 0.2) is 12.3 Å². The van der Waals surface area contributed by atoms with Crippen molar-refractivity contribution in [3.8, 4) is 0 Å². The number of carbonyl (C=O) groups is 1. The Balaban J connectivity index is 2.22. The Labute approximate surface area is 110 Å². The molecule has 1 saturated carbocycles. The molecule has 19 heavy (non-hydrogen) atoms. The number of nitrogens with zero attached hydrogens (tertiary/aromatic N) is 2. The largest absolute Gasteiger partial charge is 0.394 e. The number of rotatable bonds is 6. The smallest absolute Gasteiger partial charge is 0.287 e. The fraction of sp³-hybridized carbons (Fsp3) is 0.583. The van der Waals surface area contributed by atoms with Gasteiger partial charge in [0.1, 0.15) is 5.69 Å². The maximum Gasteiger partial charge on any atom is 0.287 e. The Hall–Kier alpha value is -1.89. The van der Waals surface area contributed by atoms with E-state index >= 15 is 0 Å². The lowest BCUT2D eigenvalue weighted by atomic mass is 10.2. The molecule has 1 amide bonds. The Morgan fingerprint density at radius 1 is 1.68 bits per heavy atom. The molecule has 7 nitrogen and oxygen atoms in total. The molecule has 0 spiro atoms. The van der Waals surface area contributed by atoms with Crippen LogP contribution in [0.5, 0.6) is 0 Å². The third-order valence-electron chi connectivity index (χ3n) is 3.27.